The molecule has 3 rings (SSSR count). The minimum absolute atomic E-state index is 0.140. The van der Waals surface area contributed by atoms with E-state index in [0.29, 0.717) is 13.1 Å². The molecule has 0 unspecified atom stereocenters. The van der Waals surface area contributed by atoms with E-state index in [4.69, 9.17) is 9.47 Å². The molecule has 2 heterocycles. The van der Waals surface area contributed by atoms with Gasteiger partial charge in [-0.1, -0.05) is 12.1 Å². The third-order valence-electron chi connectivity index (χ3n) is 4.01. The minimum atomic E-state index is -0.489. The molecule has 1 amide bonds. The second-order valence-electron chi connectivity index (χ2n) is 7.07. The molecule has 6 nitrogen and oxygen atoms in total. The molecule has 0 bridgehead atoms. The van der Waals surface area contributed by atoms with E-state index in [0.717, 1.165) is 22.7 Å². The summed E-state index contributed by atoms with van der Waals surface area (Å²) in [5, 5.41) is 0. The third kappa shape index (κ3) is 3.73. The quantitative estimate of drug-likeness (QED) is 0.855. The maximum Gasteiger partial charge on any atom is 0.410 e. The van der Waals surface area contributed by atoms with E-state index in [1.165, 1.54) is 0 Å². The fraction of sp³-hybridized carbons (Fsp3) is 0.421. The number of nitrogens with zero attached hydrogens (tertiary/aromatic N) is 3. The summed E-state index contributed by atoms with van der Waals surface area (Å²) in [6.45, 7) is 6.76. The predicted octanol–water partition coefficient (Wildman–Crippen LogP) is 3.49. The zero-order valence-corrected chi connectivity index (χ0v) is 15.0. The van der Waals surface area contributed by atoms with Crippen molar-refractivity contribution in [3.8, 4) is 17.0 Å². The number of likely N-dealkylation sites (tertiary alicyclic amines) is 1. The van der Waals surface area contributed by atoms with Gasteiger partial charge in [0.25, 0.3) is 0 Å². The molecule has 1 saturated heterocycles. The largest absolute Gasteiger partial charge is 0.496 e. The average Bonchev–Trinajstić information content (AvgIpc) is 2.52. The highest BCUT2D eigenvalue weighted by atomic mass is 16.6. The molecule has 0 atom stereocenters. The summed E-state index contributed by atoms with van der Waals surface area (Å²) in [5.74, 6) is 0.897. The highest BCUT2D eigenvalue weighted by molar-refractivity contribution is 5.72. The first-order chi connectivity index (χ1) is 11.9. The highest BCUT2D eigenvalue weighted by Crippen LogP contribution is 2.36. The molecular weight excluding hydrogens is 318 g/mol. The minimum Gasteiger partial charge on any atom is -0.496 e. The van der Waals surface area contributed by atoms with E-state index in [1.54, 1.807) is 24.4 Å². The lowest BCUT2D eigenvalue weighted by Gasteiger charge is -2.39. The van der Waals surface area contributed by atoms with Crippen LogP contribution in [-0.4, -0.2) is 46.8 Å². The Morgan fingerprint density at radius 2 is 1.84 bits per heavy atom. The lowest BCUT2D eigenvalue weighted by atomic mass is 9.92. The maximum absolute atomic E-state index is 12.1. The molecule has 0 radical (unpaired) electrons. The molecule has 25 heavy (non-hydrogen) atoms. The van der Waals surface area contributed by atoms with Gasteiger partial charge in [-0.2, -0.15) is 0 Å². The van der Waals surface area contributed by atoms with Crippen LogP contribution in [0, 0.1) is 0 Å². The van der Waals surface area contributed by atoms with Gasteiger partial charge in [0, 0.05) is 37.0 Å². The second-order valence-corrected chi connectivity index (χ2v) is 7.07. The molecule has 6 heteroatoms. The SMILES string of the molecule is COc1ccccc1-c1nccnc1C1CN(C(=O)OC(C)(C)C)C1. The summed E-state index contributed by atoms with van der Waals surface area (Å²) in [6, 6.07) is 7.74. The van der Waals surface area contributed by atoms with Crippen molar-refractivity contribution < 1.29 is 14.3 Å². The lowest BCUT2D eigenvalue weighted by molar-refractivity contribution is 0.00789. The number of benzene rings is 1. The topological polar surface area (TPSA) is 64.6 Å². The first-order valence-electron chi connectivity index (χ1n) is 8.31. The molecule has 1 aromatic carbocycles. The number of aromatic nitrogens is 2. The maximum atomic E-state index is 12.1. The second kappa shape index (κ2) is 6.70. The number of rotatable bonds is 3. The first-order valence-corrected chi connectivity index (χ1v) is 8.31. The monoisotopic (exact) mass is 341 g/mol. The Kier molecular flexibility index (Phi) is 4.61. The van der Waals surface area contributed by atoms with Crippen LogP contribution in [-0.2, 0) is 4.74 Å². The summed E-state index contributed by atoms with van der Waals surface area (Å²) in [4.78, 5) is 22.8. The van der Waals surface area contributed by atoms with Gasteiger partial charge in [0.1, 0.15) is 11.4 Å². The van der Waals surface area contributed by atoms with Crippen molar-refractivity contribution in [2.45, 2.75) is 32.3 Å². The Morgan fingerprint density at radius 1 is 1.16 bits per heavy atom. The average molecular weight is 341 g/mol. The third-order valence-corrected chi connectivity index (χ3v) is 4.01. The Hall–Kier alpha value is -2.63. The fourth-order valence-corrected chi connectivity index (χ4v) is 2.82. The van der Waals surface area contributed by atoms with E-state index in [9.17, 15) is 4.79 Å². The molecule has 1 aliphatic heterocycles. The fourth-order valence-electron chi connectivity index (χ4n) is 2.82. The standard InChI is InChI=1S/C19H23N3O3/c1-19(2,3)25-18(23)22-11-13(12-22)16-17(21-10-9-20-16)14-7-5-6-8-15(14)24-4/h5-10,13H,11-12H2,1-4H3. The number of para-hydroxylation sites is 1. The van der Waals surface area contributed by atoms with Crippen molar-refractivity contribution in [2.75, 3.05) is 20.2 Å². The van der Waals surface area contributed by atoms with Gasteiger partial charge >= 0.3 is 6.09 Å². The van der Waals surface area contributed by atoms with E-state index < -0.39 is 5.60 Å². The van der Waals surface area contributed by atoms with Gasteiger partial charge < -0.3 is 14.4 Å². The number of carbonyl (C=O) groups excluding carboxylic acids is 1. The van der Waals surface area contributed by atoms with Crippen LogP contribution in [0.2, 0.25) is 0 Å². The van der Waals surface area contributed by atoms with E-state index in [1.807, 2.05) is 45.0 Å². The van der Waals surface area contributed by atoms with E-state index >= 15 is 0 Å². The molecule has 1 aliphatic rings. The molecule has 0 saturated carbocycles. The van der Waals surface area contributed by atoms with Crippen molar-refractivity contribution in [2.24, 2.45) is 0 Å². The summed E-state index contributed by atoms with van der Waals surface area (Å²) in [7, 11) is 1.64. The van der Waals surface area contributed by atoms with Gasteiger partial charge in [-0.25, -0.2) is 4.79 Å². The van der Waals surface area contributed by atoms with Gasteiger partial charge in [-0.05, 0) is 32.9 Å². The number of hydrogen-bond donors (Lipinski definition) is 0. The smallest absolute Gasteiger partial charge is 0.410 e. The van der Waals surface area contributed by atoms with Crippen molar-refractivity contribution >= 4 is 6.09 Å². The van der Waals surface area contributed by atoms with E-state index in [-0.39, 0.29) is 12.0 Å². The van der Waals surface area contributed by atoms with Crippen LogP contribution in [0.3, 0.4) is 0 Å². The van der Waals surface area contributed by atoms with Crippen molar-refractivity contribution in [3.05, 3.63) is 42.4 Å². The van der Waals surface area contributed by atoms with Crippen LogP contribution in [0.1, 0.15) is 32.4 Å². The molecule has 0 N–H and O–H groups in total. The Labute approximate surface area is 147 Å². The summed E-state index contributed by atoms with van der Waals surface area (Å²) >= 11 is 0. The molecule has 0 aliphatic carbocycles. The number of carbonyl (C=O) groups is 1. The van der Waals surface area contributed by atoms with Crippen LogP contribution < -0.4 is 4.74 Å². The zero-order valence-electron chi connectivity index (χ0n) is 15.0. The molecule has 2 aromatic rings. The number of methoxy groups -OCH3 is 1. The number of ether oxygens (including phenoxy) is 2. The van der Waals surface area contributed by atoms with Crippen molar-refractivity contribution in [1.82, 2.24) is 14.9 Å². The van der Waals surface area contributed by atoms with Gasteiger partial charge in [0.2, 0.25) is 0 Å². The molecular formula is C19H23N3O3. The molecule has 0 spiro atoms. The van der Waals surface area contributed by atoms with Gasteiger partial charge in [0.05, 0.1) is 18.5 Å². The van der Waals surface area contributed by atoms with Crippen LogP contribution in [0.25, 0.3) is 11.3 Å². The molecule has 1 fully saturated rings. The van der Waals surface area contributed by atoms with Crippen molar-refractivity contribution in [1.29, 1.82) is 0 Å². The van der Waals surface area contributed by atoms with Crippen molar-refractivity contribution in [3.63, 3.8) is 0 Å². The van der Waals surface area contributed by atoms with Crippen LogP contribution >= 0.6 is 0 Å². The normalized spacial score (nSPS) is 14.8. The van der Waals surface area contributed by atoms with Gasteiger partial charge in [-0.15, -0.1) is 0 Å². The number of hydrogen-bond acceptors (Lipinski definition) is 5. The Morgan fingerprint density at radius 3 is 2.52 bits per heavy atom. The van der Waals surface area contributed by atoms with Gasteiger partial charge in [-0.3, -0.25) is 9.97 Å². The highest BCUT2D eigenvalue weighted by Gasteiger charge is 2.37. The summed E-state index contributed by atoms with van der Waals surface area (Å²) in [6.07, 6.45) is 3.08. The van der Waals surface area contributed by atoms with Crippen LogP contribution in [0.5, 0.6) is 5.75 Å². The Bertz CT molecular complexity index is 765. The van der Waals surface area contributed by atoms with E-state index in [2.05, 4.69) is 9.97 Å². The molecule has 1 aromatic heterocycles. The predicted molar refractivity (Wildman–Crippen MR) is 94.6 cm³/mol. The first kappa shape index (κ1) is 17.2. The molecule has 132 valence electrons. The Balaban J connectivity index is 1.79. The lowest BCUT2D eigenvalue weighted by Crippen LogP contribution is -2.50. The summed E-state index contributed by atoms with van der Waals surface area (Å²) < 4.78 is 10.9. The zero-order chi connectivity index (χ0) is 18.0. The van der Waals surface area contributed by atoms with Crippen LogP contribution in [0.4, 0.5) is 4.79 Å². The summed E-state index contributed by atoms with van der Waals surface area (Å²) in [5.41, 5.74) is 2.10. The van der Waals surface area contributed by atoms with Crippen LogP contribution in [0.15, 0.2) is 36.7 Å². The number of amides is 1. The van der Waals surface area contributed by atoms with Gasteiger partial charge in [0.15, 0.2) is 0 Å².